The molecule has 0 aliphatic carbocycles. The first kappa shape index (κ1) is 15.1. The van der Waals surface area contributed by atoms with Gasteiger partial charge in [-0.2, -0.15) is 0 Å². The number of hydrogen-bond donors (Lipinski definition) is 0. The van der Waals surface area contributed by atoms with E-state index in [0.717, 1.165) is 5.56 Å². The molecule has 2 aromatic rings. The van der Waals surface area contributed by atoms with Gasteiger partial charge in [-0.25, -0.2) is 13.2 Å². The number of rotatable bonds is 3. The summed E-state index contributed by atoms with van der Waals surface area (Å²) in [5, 5.41) is 0. The van der Waals surface area contributed by atoms with Crippen molar-refractivity contribution in [2.45, 2.75) is 16.7 Å². The molecule has 0 aliphatic heterocycles. The third-order valence-electron chi connectivity index (χ3n) is 2.83. The van der Waals surface area contributed by atoms with Crippen LogP contribution in [0.25, 0.3) is 0 Å². The largest absolute Gasteiger partial charge is 0.513 e. The molecule has 0 aromatic heterocycles. The molecule has 0 heterocycles. The van der Waals surface area contributed by atoms with E-state index in [-0.39, 0.29) is 15.5 Å². The lowest BCUT2D eigenvalue weighted by atomic mass is 10.2. The molecule has 110 valence electrons. The van der Waals surface area contributed by atoms with E-state index in [1.165, 1.54) is 31.4 Å². The molecule has 0 N–H and O–H groups in total. The molecule has 21 heavy (non-hydrogen) atoms. The van der Waals surface area contributed by atoms with Crippen LogP contribution in [0, 0.1) is 6.92 Å². The highest BCUT2D eigenvalue weighted by Crippen LogP contribution is 2.23. The van der Waals surface area contributed by atoms with Crippen molar-refractivity contribution in [3.8, 4) is 5.75 Å². The summed E-state index contributed by atoms with van der Waals surface area (Å²) in [7, 11) is -2.39. The van der Waals surface area contributed by atoms with Gasteiger partial charge in [0.15, 0.2) is 0 Å². The van der Waals surface area contributed by atoms with Crippen LogP contribution >= 0.6 is 0 Å². The number of benzene rings is 2. The Morgan fingerprint density at radius 3 is 1.86 bits per heavy atom. The Morgan fingerprint density at radius 2 is 1.38 bits per heavy atom. The highest BCUT2D eigenvalue weighted by molar-refractivity contribution is 7.91. The van der Waals surface area contributed by atoms with Gasteiger partial charge >= 0.3 is 6.16 Å². The van der Waals surface area contributed by atoms with Crippen molar-refractivity contribution in [3.63, 3.8) is 0 Å². The van der Waals surface area contributed by atoms with Crippen molar-refractivity contribution in [1.29, 1.82) is 0 Å². The molecule has 0 saturated heterocycles. The highest BCUT2D eigenvalue weighted by atomic mass is 32.2. The van der Waals surface area contributed by atoms with E-state index in [1.54, 1.807) is 24.3 Å². The fourth-order valence-corrected chi connectivity index (χ4v) is 2.94. The number of ether oxygens (including phenoxy) is 2. The standard InChI is InChI=1S/C15H14O5S/c1-11-3-7-13(8-4-11)21(17,18)14-9-5-12(6-10-14)20-15(16)19-2/h3-10H,1-2H3. The van der Waals surface area contributed by atoms with Crippen LogP contribution in [-0.2, 0) is 14.6 Å². The predicted molar refractivity (Wildman–Crippen MR) is 76.1 cm³/mol. The molecule has 0 saturated carbocycles. The Bertz CT molecular complexity index is 731. The van der Waals surface area contributed by atoms with E-state index in [1.807, 2.05) is 6.92 Å². The van der Waals surface area contributed by atoms with E-state index in [0.29, 0.717) is 0 Å². The second-order valence-corrected chi connectivity index (χ2v) is 6.29. The minimum absolute atomic E-state index is 0.128. The molecule has 6 heteroatoms. The number of carbonyl (C=O) groups excluding carboxylic acids is 1. The van der Waals surface area contributed by atoms with Crippen LogP contribution in [0.4, 0.5) is 4.79 Å². The van der Waals surface area contributed by atoms with Gasteiger partial charge in [0.05, 0.1) is 16.9 Å². The maximum Gasteiger partial charge on any atom is 0.513 e. The van der Waals surface area contributed by atoms with Gasteiger partial charge < -0.3 is 9.47 Å². The van der Waals surface area contributed by atoms with Crippen molar-refractivity contribution < 1.29 is 22.7 Å². The van der Waals surface area contributed by atoms with Crippen LogP contribution in [0.5, 0.6) is 5.75 Å². The maximum atomic E-state index is 12.4. The van der Waals surface area contributed by atoms with E-state index in [2.05, 4.69) is 4.74 Å². The molecule has 5 nitrogen and oxygen atoms in total. The smallest absolute Gasteiger partial charge is 0.437 e. The van der Waals surface area contributed by atoms with Gasteiger partial charge in [-0.15, -0.1) is 0 Å². The number of methoxy groups -OCH3 is 1. The second kappa shape index (κ2) is 5.97. The summed E-state index contributed by atoms with van der Waals surface area (Å²) >= 11 is 0. The minimum Gasteiger partial charge on any atom is -0.437 e. The minimum atomic E-state index is -3.58. The van der Waals surface area contributed by atoms with Gasteiger partial charge in [0.2, 0.25) is 9.84 Å². The predicted octanol–water partition coefficient (Wildman–Crippen LogP) is 2.97. The van der Waals surface area contributed by atoms with E-state index >= 15 is 0 Å². The van der Waals surface area contributed by atoms with Crippen molar-refractivity contribution >= 4 is 16.0 Å². The summed E-state index contributed by atoms with van der Waals surface area (Å²) in [6.45, 7) is 1.88. The molecule has 2 aromatic carbocycles. The summed E-state index contributed by atoms with van der Waals surface area (Å²) in [4.78, 5) is 11.3. The maximum absolute atomic E-state index is 12.4. The van der Waals surface area contributed by atoms with Gasteiger partial charge in [-0.1, -0.05) is 17.7 Å². The summed E-state index contributed by atoms with van der Waals surface area (Å²) in [6.07, 6.45) is -0.857. The number of sulfone groups is 1. The molecular weight excluding hydrogens is 292 g/mol. The summed E-state index contributed by atoms with van der Waals surface area (Å²) in [6, 6.07) is 12.2. The molecule has 0 fully saturated rings. The fourth-order valence-electron chi connectivity index (χ4n) is 1.68. The lowest BCUT2D eigenvalue weighted by Crippen LogP contribution is -2.07. The van der Waals surface area contributed by atoms with E-state index < -0.39 is 16.0 Å². The zero-order chi connectivity index (χ0) is 15.5. The molecule has 0 unspecified atom stereocenters. The average Bonchev–Trinajstić information content (AvgIpc) is 2.48. The third-order valence-corrected chi connectivity index (χ3v) is 4.62. The third kappa shape index (κ3) is 3.41. The van der Waals surface area contributed by atoms with Gasteiger partial charge in [-0.3, -0.25) is 0 Å². The molecule has 0 aliphatic rings. The molecule has 2 rings (SSSR count). The monoisotopic (exact) mass is 306 g/mol. The Morgan fingerprint density at radius 1 is 0.905 bits per heavy atom. The number of aryl methyl sites for hydroxylation is 1. The first-order valence-electron chi connectivity index (χ1n) is 6.11. The normalized spacial score (nSPS) is 11.0. The zero-order valence-electron chi connectivity index (χ0n) is 11.6. The Balaban J connectivity index is 2.29. The van der Waals surface area contributed by atoms with E-state index in [4.69, 9.17) is 4.74 Å². The quantitative estimate of drug-likeness (QED) is 0.644. The second-order valence-electron chi connectivity index (χ2n) is 4.34. The Labute approximate surface area is 123 Å². The highest BCUT2D eigenvalue weighted by Gasteiger charge is 2.17. The lowest BCUT2D eigenvalue weighted by Gasteiger charge is -2.06. The number of hydrogen-bond acceptors (Lipinski definition) is 5. The van der Waals surface area contributed by atoms with Crippen molar-refractivity contribution in [3.05, 3.63) is 54.1 Å². The van der Waals surface area contributed by atoms with Gasteiger partial charge in [0.25, 0.3) is 0 Å². The van der Waals surface area contributed by atoms with Crippen molar-refractivity contribution in [1.82, 2.24) is 0 Å². The van der Waals surface area contributed by atoms with Crippen LogP contribution in [-0.4, -0.2) is 21.7 Å². The first-order chi connectivity index (χ1) is 9.93. The summed E-state index contributed by atoms with van der Waals surface area (Å²) in [5.74, 6) is 0.213. The fraction of sp³-hybridized carbons (Fsp3) is 0.133. The SMILES string of the molecule is COC(=O)Oc1ccc(S(=O)(=O)c2ccc(C)cc2)cc1. The van der Waals surface area contributed by atoms with Crippen molar-refractivity contribution in [2.75, 3.05) is 7.11 Å². The Hall–Kier alpha value is -2.34. The van der Waals surface area contributed by atoms with Gasteiger partial charge in [-0.05, 0) is 43.3 Å². The average molecular weight is 306 g/mol. The van der Waals surface area contributed by atoms with Gasteiger partial charge in [0, 0.05) is 0 Å². The molecule has 0 radical (unpaired) electrons. The molecule has 0 amide bonds. The van der Waals surface area contributed by atoms with Crippen molar-refractivity contribution in [2.24, 2.45) is 0 Å². The number of carbonyl (C=O) groups is 1. The van der Waals surface area contributed by atoms with E-state index in [9.17, 15) is 13.2 Å². The Kier molecular flexibility index (Phi) is 4.28. The van der Waals surface area contributed by atoms with Crippen LogP contribution in [0.2, 0.25) is 0 Å². The summed E-state index contributed by atoms with van der Waals surface area (Å²) < 4.78 is 34.0. The molecule has 0 spiro atoms. The zero-order valence-corrected chi connectivity index (χ0v) is 12.4. The molecule has 0 atom stereocenters. The summed E-state index contributed by atoms with van der Waals surface area (Å²) in [5.41, 5.74) is 0.982. The van der Waals surface area contributed by atoms with Gasteiger partial charge in [0.1, 0.15) is 5.75 Å². The molecular formula is C15H14O5S. The topological polar surface area (TPSA) is 69.7 Å². The van der Waals surface area contributed by atoms with Crippen LogP contribution in [0.3, 0.4) is 0 Å². The first-order valence-corrected chi connectivity index (χ1v) is 7.59. The van der Waals surface area contributed by atoms with Crippen LogP contribution in [0.15, 0.2) is 58.3 Å². The van der Waals surface area contributed by atoms with Crippen LogP contribution < -0.4 is 4.74 Å². The molecule has 0 bridgehead atoms. The lowest BCUT2D eigenvalue weighted by molar-refractivity contribution is 0.121. The van der Waals surface area contributed by atoms with Crippen LogP contribution in [0.1, 0.15) is 5.56 Å².